The normalized spacial score (nSPS) is 17.8. The maximum Gasteiger partial charge on any atom is 0.159 e. The third kappa shape index (κ3) is 5.15. The van der Waals surface area contributed by atoms with Crippen molar-refractivity contribution in [3.63, 3.8) is 0 Å². The van der Waals surface area contributed by atoms with Gasteiger partial charge in [-0.15, -0.1) is 6.42 Å². The Labute approximate surface area is 175 Å². The zero-order valence-electron chi connectivity index (χ0n) is 16.7. The number of benzene rings is 2. The first kappa shape index (κ1) is 20.3. The molecule has 0 radical (unpaired) electrons. The molecule has 1 aliphatic rings. The van der Waals surface area contributed by atoms with E-state index in [2.05, 4.69) is 40.4 Å². The van der Waals surface area contributed by atoms with Crippen molar-refractivity contribution in [2.75, 3.05) is 6.54 Å². The number of rotatable bonds is 9. The summed E-state index contributed by atoms with van der Waals surface area (Å²) in [6, 6.07) is 16.8. The maximum absolute atomic E-state index is 13.4. The lowest BCUT2D eigenvalue weighted by Gasteiger charge is -2.18. The van der Waals surface area contributed by atoms with Crippen LogP contribution in [0.15, 0.2) is 65.3 Å². The fourth-order valence-corrected chi connectivity index (χ4v) is 3.72. The molecule has 0 bridgehead atoms. The van der Waals surface area contributed by atoms with E-state index in [1.165, 1.54) is 23.3 Å². The van der Waals surface area contributed by atoms with Crippen LogP contribution in [0.3, 0.4) is 0 Å². The molecule has 1 aliphatic carbocycles. The van der Waals surface area contributed by atoms with E-state index >= 15 is 0 Å². The molecule has 2 aromatic carbocycles. The van der Waals surface area contributed by atoms with Crippen LogP contribution in [0.5, 0.6) is 0 Å². The van der Waals surface area contributed by atoms with Crippen molar-refractivity contribution in [2.45, 2.75) is 38.0 Å². The zero-order chi connectivity index (χ0) is 20.9. The summed E-state index contributed by atoms with van der Waals surface area (Å²) in [5.41, 5.74) is 3.22. The van der Waals surface area contributed by atoms with E-state index in [1.54, 1.807) is 12.3 Å². The summed E-state index contributed by atoms with van der Waals surface area (Å²) in [6.07, 6.45) is 8.12. The largest absolute Gasteiger partial charge is 0.468 e. The van der Waals surface area contributed by atoms with Gasteiger partial charge in [0, 0.05) is 25.0 Å². The zero-order valence-corrected chi connectivity index (χ0v) is 16.7. The molecule has 0 saturated heterocycles. The summed E-state index contributed by atoms with van der Waals surface area (Å²) >= 11 is 0. The Morgan fingerprint density at radius 3 is 2.53 bits per heavy atom. The Bertz CT molecular complexity index is 1010. The lowest BCUT2D eigenvalue weighted by molar-refractivity contribution is 0.264. The van der Waals surface area contributed by atoms with E-state index in [1.807, 2.05) is 12.1 Å². The first-order valence-corrected chi connectivity index (χ1v) is 10.1. The molecule has 4 rings (SSSR count). The van der Waals surface area contributed by atoms with Gasteiger partial charge in [0.25, 0.3) is 0 Å². The van der Waals surface area contributed by atoms with Gasteiger partial charge in [0.1, 0.15) is 5.76 Å². The Morgan fingerprint density at radius 2 is 1.83 bits per heavy atom. The van der Waals surface area contributed by atoms with E-state index in [0.29, 0.717) is 19.1 Å². The van der Waals surface area contributed by atoms with Crippen molar-refractivity contribution in [1.29, 1.82) is 0 Å². The Hall–Kier alpha value is -2.94. The highest BCUT2D eigenvalue weighted by Gasteiger charge is 2.38. The van der Waals surface area contributed by atoms with Gasteiger partial charge in [0.05, 0.1) is 19.4 Å². The first-order valence-electron chi connectivity index (χ1n) is 10.1. The minimum absolute atomic E-state index is 0.248. The average Bonchev–Trinajstić information content (AvgIpc) is 3.34. The first-order chi connectivity index (χ1) is 14.6. The molecule has 2 atom stereocenters. The van der Waals surface area contributed by atoms with E-state index in [0.717, 1.165) is 30.8 Å². The Kier molecular flexibility index (Phi) is 6.27. The van der Waals surface area contributed by atoms with Crippen molar-refractivity contribution >= 4 is 0 Å². The lowest BCUT2D eigenvalue weighted by atomic mass is 10.1. The summed E-state index contributed by atoms with van der Waals surface area (Å²) in [5.74, 6) is 2.27. The van der Waals surface area contributed by atoms with Crippen LogP contribution < -0.4 is 5.32 Å². The molecule has 0 spiro atoms. The summed E-state index contributed by atoms with van der Waals surface area (Å²) < 4.78 is 31.9. The van der Waals surface area contributed by atoms with Gasteiger partial charge in [-0.25, -0.2) is 8.78 Å². The second-order valence-corrected chi connectivity index (χ2v) is 7.75. The highest BCUT2D eigenvalue weighted by molar-refractivity contribution is 5.29. The molecule has 1 heterocycles. The summed E-state index contributed by atoms with van der Waals surface area (Å²) in [5, 5.41) is 3.50. The molecule has 0 amide bonds. The number of nitrogens with one attached hydrogen (secondary N) is 1. The van der Waals surface area contributed by atoms with Crippen LogP contribution in [0.1, 0.15) is 34.8 Å². The molecular formula is C25H24F2N2O. The molecule has 1 N–H and O–H groups in total. The molecule has 0 aliphatic heterocycles. The number of terminal acetylenes is 1. The topological polar surface area (TPSA) is 28.4 Å². The molecule has 30 heavy (non-hydrogen) atoms. The fraction of sp³-hybridized carbons (Fsp3) is 0.280. The van der Waals surface area contributed by atoms with Gasteiger partial charge in [-0.2, -0.15) is 0 Å². The minimum Gasteiger partial charge on any atom is -0.468 e. The van der Waals surface area contributed by atoms with Crippen LogP contribution in [-0.4, -0.2) is 17.5 Å². The van der Waals surface area contributed by atoms with Gasteiger partial charge in [-0.1, -0.05) is 36.3 Å². The van der Waals surface area contributed by atoms with Crippen molar-refractivity contribution in [2.24, 2.45) is 0 Å². The lowest BCUT2D eigenvalue weighted by Crippen LogP contribution is -2.23. The predicted octanol–water partition coefficient (Wildman–Crippen LogP) is 4.84. The average molecular weight is 406 g/mol. The van der Waals surface area contributed by atoms with Crippen molar-refractivity contribution in [1.82, 2.24) is 10.2 Å². The van der Waals surface area contributed by atoms with E-state index < -0.39 is 11.6 Å². The highest BCUT2D eigenvalue weighted by atomic mass is 19.2. The predicted molar refractivity (Wildman–Crippen MR) is 112 cm³/mol. The van der Waals surface area contributed by atoms with Crippen molar-refractivity contribution in [3.05, 3.63) is 94.9 Å². The molecule has 3 aromatic rings. The molecule has 154 valence electrons. The molecular weight excluding hydrogens is 382 g/mol. The van der Waals surface area contributed by atoms with Gasteiger partial charge >= 0.3 is 0 Å². The van der Waals surface area contributed by atoms with Gasteiger partial charge in [-0.3, -0.25) is 4.90 Å². The van der Waals surface area contributed by atoms with Crippen LogP contribution in [0, 0.1) is 24.0 Å². The van der Waals surface area contributed by atoms with Crippen LogP contribution >= 0.6 is 0 Å². The number of hydrogen-bond donors (Lipinski definition) is 1. The number of hydrogen-bond acceptors (Lipinski definition) is 3. The number of nitrogens with zero attached hydrogens (tertiary/aromatic N) is 1. The van der Waals surface area contributed by atoms with Gasteiger partial charge in [0.2, 0.25) is 0 Å². The van der Waals surface area contributed by atoms with Crippen molar-refractivity contribution < 1.29 is 13.2 Å². The molecule has 1 saturated carbocycles. The van der Waals surface area contributed by atoms with Crippen LogP contribution in [0.2, 0.25) is 0 Å². The number of furan rings is 1. The molecule has 0 unspecified atom stereocenters. The van der Waals surface area contributed by atoms with Crippen LogP contribution in [0.4, 0.5) is 8.78 Å². The quantitative estimate of drug-likeness (QED) is 0.516. The third-order valence-electron chi connectivity index (χ3n) is 5.43. The maximum atomic E-state index is 13.4. The summed E-state index contributed by atoms with van der Waals surface area (Å²) in [4.78, 5) is 2.16. The molecule has 3 nitrogen and oxygen atoms in total. The summed E-state index contributed by atoms with van der Waals surface area (Å²) in [7, 11) is 0. The van der Waals surface area contributed by atoms with Crippen LogP contribution in [-0.2, 0) is 19.6 Å². The molecule has 1 aromatic heterocycles. The Balaban J connectivity index is 1.27. The second-order valence-electron chi connectivity index (χ2n) is 7.75. The molecule has 5 heteroatoms. The smallest absolute Gasteiger partial charge is 0.159 e. The second kappa shape index (κ2) is 9.25. The Morgan fingerprint density at radius 1 is 1.03 bits per heavy atom. The van der Waals surface area contributed by atoms with E-state index in [9.17, 15) is 8.78 Å². The van der Waals surface area contributed by atoms with Gasteiger partial charge in [-0.05, 0) is 47.4 Å². The highest BCUT2D eigenvalue weighted by Crippen LogP contribution is 2.41. The minimum atomic E-state index is -0.797. The standard InChI is InChI=1S/C25H24F2N2O/c1-2-11-29(17-21-4-3-12-30-21)16-19-7-5-18(6-8-19)15-28-25-14-22(25)20-9-10-23(26)24(27)13-20/h1,3-10,12-13,22,25,28H,11,14-17H2/t22-,25+/m0/s1. The SMILES string of the molecule is C#CCN(Cc1ccc(CN[C@@H]2C[C@H]2c2ccc(F)c(F)c2)cc1)Cc1ccco1. The fourth-order valence-electron chi connectivity index (χ4n) is 3.72. The monoisotopic (exact) mass is 406 g/mol. The number of halogens is 2. The third-order valence-corrected chi connectivity index (χ3v) is 5.43. The van der Waals surface area contributed by atoms with Gasteiger partial charge < -0.3 is 9.73 Å². The van der Waals surface area contributed by atoms with E-state index in [-0.39, 0.29) is 5.92 Å². The van der Waals surface area contributed by atoms with Gasteiger partial charge in [0.15, 0.2) is 11.6 Å². The van der Waals surface area contributed by atoms with E-state index in [4.69, 9.17) is 10.8 Å². The van der Waals surface area contributed by atoms with Crippen molar-refractivity contribution in [3.8, 4) is 12.3 Å². The van der Waals surface area contributed by atoms with Crippen LogP contribution in [0.25, 0.3) is 0 Å². The summed E-state index contributed by atoms with van der Waals surface area (Å²) in [6.45, 7) is 2.72. The molecule has 1 fully saturated rings.